The number of carbonyl (C=O) groups is 1. The van der Waals surface area contributed by atoms with Gasteiger partial charge in [-0.2, -0.15) is 0 Å². The molecule has 2 aromatic carbocycles. The van der Waals surface area contributed by atoms with E-state index < -0.39 is 18.1 Å². The molecule has 2 unspecified atom stereocenters. The molecule has 1 aromatic heterocycles. The molecular formula is C18H15FN4O2. The molecule has 0 aliphatic heterocycles. The van der Waals surface area contributed by atoms with Gasteiger partial charge in [0.25, 0.3) is 5.91 Å². The van der Waals surface area contributed by atoms with Crippen molar-refractivity contribution in [2.75, 3.05) is 0 Å². The van der Waals surface area contributed by atoms with Gasteiger partial charge in [-0.15, -0.1) is 5.10 Å². The largest absolute Gasteiger partial charge is 0.390 e. The van der Waals surface area contributed by atoms with E-state index in [4.69, 9.17) is 0 Å². The SMILES string of the molecule is O=C(NC1c2ccccc2CC1O)c1cn(-c2ccc(F)cc2)nn1. The van der Waals surface area contributed by atoms with Gasteiger partial charge in [-0.3, -0.25) is 4.79 Å². The zero-order valence-corrected chi connectivity index (χ0v) is 13.1. The summed E-state index contributed by atoms with van der Waals surface area (Å²) in [5.41, 5.74) is 2.66. The molecule has 3 aromatic rings. The second-order valence-corrected chi connectivity index (χ2v) is 5.95. The van der Waals surface area contributed by atoms with E-state index in [9.17, 15) is 14.3 Å². The fourth-order valence-corrected chi connectivity index (χ4v) is 3.05. The van der Waals surface area contributed by atoms with Gasteiger partial charge >= 0.3 is 0 Å². The van der Waals surface area contributed by atoms with Gasteiger partial charge in [0, 0.05) is 6.42 Å². The van der Waals surface area contributed by atoms with Crippen molar-refractivity contribution in [2.45, 2.75) is 18.6 Å². The second kappa shape index (κ2) is 6.10. The Balaban J connectivity index is 1.53. The number of nitrogens with zero attached hydrogens (tertiary/aromatic N) is 3. The van der Waals surface area contributed by atoms with Crippen molar-refractivity contribution in [3.8, 4) is 5.69 Å². The Labute approximate surface area is 142 Å². The quantitative estimate of drug-likeness (QED) is 0.763. The van der Waals surface area contributed by atoms with Crippen LogP contribution in [-0.2, 0) is 6.42 Å². The molecule has 2 atom stereocenters. The summed E-state index contributed by atoms with van der Waals surface area (Å²) in [7, 11) is 0. The lowest BCUT2D eigenvalue weighted by Crippen LogP contribution is -2.34. The topological polar surface area (TPSA) is 80.0 Å². The van der Waals surface area contributed by atoms with Crippen molar-refractivity contribution in [3.63, 3.8) is 0 Å². The molecule has 6 nitrogen and oxygen atoms in total. The molecule has 0 radical (unpaired) electrons. The average Bonchev–Trinajstić information content (AvgIpc) is 3.21. The maximum Gasteiger partial charge on any atom is 0.274 e. The van der Waals surface area contributed by atoms with Gasteiger partial charge in [-0.05, 0) is 35.4 Å². The highest BCUT2D eigenvalue weighted by Crippen LogP contribution is 2.31. The molecule has 1 amide bonds. The minimum Gasteiger partial charge on any atom is -0.390 e. The Bertz CT molecular complexity index is 923. The predicted octanol–water partition coefficient (Wildman–Crippen LogP) is 1.79. The van der Waals surface area contributed by atoms with Gasteiger partial charge in [0.2, 0.25) is 0 Å². The van der Waals surface area contributed by atoms with Gasteiger partial charge < -0.3 is 10.4 Å². The highest BCUT2D eigenvalue weighted by atomic mass is 19.1. The Morgan fingerprint density at radius 2 is 1.96 bits per heavy atom. The summed E-state index contributed by atoms with van der Waals surface area (Å²) in [6.45, 7) is 0. The molecule has 25 heavy (non-hydrogen) atoms. The number of carbonyl (C=O) groups excluding carboxylic acids is 1. The number of rotatable bonds is 3. The van der Waals surface area contributed by atoms with Crippen LogP contribution in [0.5, 0.6) is 0 Å². The van der Waals surface area contributed by atoms with Crippen LogP contribution in [0.4, 0.5) is 4.39 Å². The predicted molar refractivity (Wildman–Crippen MR) is 87.7 cm³/mol. The van der Waals surface area contributed by atoms with Crippen LogP contribution in [-0.4, -0.2) is 32.1 Å². The Kier molecular flexibility index (Phi) is 3.77. The van der Waals surface area contributed by atoms with Crippen molar-refractivity contribution >= 4 is 5.91 Å². The van der Waals surface area contributed by atoms with Crippen molar-refractivity contribution in [3.05, 3.63) is 77.4 Å². The number of halogens is 1. The van der Waals surface area contributed by atoms with E-state index >= 15 is 0 Å². The lowest BCUT2D eigenvalue weighted by Gasteiger charge is -2.16. The zero-order chi connectivity index (χ0) is 17.4. The summed E-state index contributed by atoms with van der Waals surface area (Å²) in [5, 5.41) is 20.8. The first kappa shape index (κ1) is 15.5. The summed E-state index contributed by atoms with van der Waals surface area (Å²) in [6.07, 6.45) is 1.30. The molecular weight excluding hydrogens is 323 g/mol. The molecule has 0 saturated heterocycles. The van der Waals surface area contributed by atoms with Gasteiger partial charge in [0.05, 0.1) is 24.0 Å². The molecule has 0 bridgehead atoms. The van der Waals surface area contributed by atoms with Crippen LogP contribution in [0.1, 0.15) is 27.7 Å². The third kappa shape index (κ3) is 2.89. The van der Waals surface area contributed by atoms with Crippen LogP contribution in [0, 0.1) is 5.82 Å². The zero-order valence-electron chi connectivity index (χ0n) is 13.1. The molecule has 4 rings (SSSR count). The summed E-state index contributed by atoms with van der Waals surface area (Å²) < 4.78 is 14.4. The molecule has 126 valence electrons. The number of nitrogens with one attached hydrogen (secondary N) is 1. The number of benzene rings is 2. The van der Waals surface area contributed by atoms with E-state index in [0.29, 0.717) is 12.1 Å². The maximum atomic E-state index is 13.0. The van der Waals surface area contributed by atoms with Gasteiger partial charge in [0.1, 0.15) is 5.82 Å². The molecule has 1 aliphatic carbocycles. The second-order valence-electron chi connectivity index (χ2n) is 5.95. The lowest BCUT2D eigenvalue weighted by molar-refractivity contribution is 0.0853. The van der Waals surface area contributed by atoms with Crippen LogP contribution >= 0.6 is 0 Å². The number of hydrogen-bond acceptors (Lipinski definition) is 4. The van der Waals surface area contributed by atoms with E-state index in [0.717, 1.165) is 11.1 Å². The summed E-state index contributed by atoms with van der Waals surface area (Å²) >= 11 is 0. The minimum absolute atomic E-state index is 0.126. The summed E-state index contributed by atoms with van der Waals surface area (Å²) in [5.74, 6) is -0.773. The van der Waals surface area contributed by atoms with Crippen LogP contribution in [0.15, 0.2) is 54.7 Å². The minimum atomic E-state index is -0.673. The third-order valence-corrected chi connectivity index (χ3v) is 4.31. The summed E-state index contributed by atoms with van der Waals surface area (Å²) in [4.78, 5) is 12.5. The number of amides is 1. The first-order valence-electron chi connectivity index (χ1n) is 7.87. The van der Waals surface area contributed by atoms with E-state index in [1.165, 1.54) is 23.0 Å². The highest BCUT2D eigenvalue weighted by molar-refractivity contribution is 5.92. The third-order valence-electron chi connectivity index (χ3n) is 4.31. The van der Waals surface area contributed by atoms with E-state index in [2.05, 4.69) is 15.6 Å². The van der Waals surface area contributed by atoms with Crippen LogP contribution in [0.3, 0.4) is 0 Å². The Morgan fingerprint density at radius 3 is 2.76 bits per heavy atom. The molecule has 0 fully saturated rings. The highest BCUT2D eigenvalue weighted by Gasteiger charge is 2.32. The molecule has 0 spiro atoms. The Hall–Kier alpha value is -3.06. The number of hydrogen-bond donors (Lipinski definition) is 2. The van der Waals surface area contributed by atoms with Crippen LogP contribution in [0.2, 0.25) is 0 Å². The average molecular weight is 338 g/mol. The Morgan fingerprint density at radius 1 is 1.20 bits per heavy atom. The molecule has 1 heterocycles. The normalized spacial score (nSPS) is 18.8. The molecule has 2 N–H and O–H groups in total. The maximum absolute atomic E-state index is 13.0. The van der Waals surface area contributed by atoms with Crippen molar-refractivity contribution in [1.82, 2.24) is 20.3 Å². The van der Waals surface area contributed by atoms with E-state index in [1.807, 2.05) is 24.3 Å². The molecule has 0 saturated carbocycles. The fraction of sp³-hybridized carbons (Fsp3) is 0.167. The smallest absolute Gasteiger partial charge is 0.274 e. The first-order chi connectivity index (χ1) is 12.1. The summed E-state index contributed by atoms with van der Waals surface area (Å²) in [6, 6.07) is 12.8. The van der Waals surface area contributed by atoms with Crippen LogP contribution in [0.25, 0.3) is 5.69 Å². The number of aliphatic hydroxyl groups excluding tert-OH is 1. The molecule has 1 aliphatic rings. The lowest BCUT2D eigenvalue weighted by atomic mass is 10.1. The number of aromatic nitrogens is 3. The van der Waals surface area contributed by atoms with Crippen molar-refractivity contribution in [1.29, 1.82) is 0 Å². The monoisotopic (exact) mass is 338 g/mol. The molecule has 7 heteroatoms. The van der Waals surface area contributed by atoms with Crippen LogP contribution < -0.4 is 5.32 Å². The van der Waals surface area contributed by atoms with Crippen molar-refractivity contribution < 1.29 is 14.3 Å². The van der Waals surface area contributed by atoms with E-state index in [1.54, 1.807) is 12.1 Å². The number of aliphatic hydroxyl groups is 1. The van der Waals surface area contributed by atoms with Gasteiger partial charge in [-0.1, -0.05) is 29.5 Å². The van der Waals surface area contributed by atoms with Gasteiger partial charge in [-0.25, -0.2) is 9.07 Å². The first-order valence-corrected chi connectivity index (χ1v) is 7.87. The standard InChI is InChI=1S/C18H15FN4O2/c19-12-5-7-13(8-6-12)23-10-15(21-22-23)18(25)20-17-14-4-2-1-3-11(14)9-16(17)24/h1-8,10,16-17,24H,9H2,(H,20,25). The van der Waals surface area contributed by atoms with Crippen molar-refractivity contribution in [2.24, 2.45) is 0 Å². The number of fused-ring (bicyclic) bond motifs is 1. The van der Waals surface area contributed by atoms with E-state index in [-0.39, 0.29) is 11.5 Å². The van der Waals surface area contributed by atoms with Gasteiger partial charge in [0.15, 0.2) is 5.69 Å². The fourth-order valence-electron chi connectivity index (χ4n) is 3.05.